The number of hydrogen-bond donors (Lipinski definition) is 1. The third-order valence-electron chi connectivity index (χ3n) is 5.21. The number of benzene rings is 2. The van der Waals surface area contributed by atoms with Crippen LogP contribution in [-0.2, 0) is 20.7 Å². The second kappa shape index (κ2) is 7.63. The summed E-state index contributed by atoms with van der Waals surface area (Å²) < 4.78 is 36.1. The van der Waals surface area contributed by atoms with Gasteiger partial charge in [0.2, 0.25) is 10.0 Å². The average molecular weight is 436 g/mol. The van der Waals surface area contributed by atoms with Gasteiger partial charge in [-0.3, -0.25) is 4.78 Å². The van der Waals surface area contributed by atoms with Crippen LogP contribution in [0, 0.1) is 4.78 Å². The van der Waals surface area contributed by atoms with E-state index < -0.39 is 20.7 Å². The molecule has 0 amide bonds. The number of nitrogens with zero attached hydrogens (tertiary/aromatic N) is 2. The predicted octanol–water partition coefficient (Wildman–Crippen LogP) is 4.45. The zero-order valence-electron chi connectivity index (χ0n) is 15.5. The van der Waals surface area contributed by atoms with E-state index in [1.807, 2.05) is 48.9 Å². The third kappa shape index (κ3) is 3.41. The molecule has 8 heteroatoms. The van der Waals surface area contributed by atoms with Gasteiger partial charge >= 0.3 is 0 Å². The van der Waals surface area contributed by atoms with Crippen molar-refractivity contribution >= 4 is 38.0 Å². The molecule has 2 heterocycles. The summed E-state index contributed by atoms with van der Waals surface area (Å²) in [6, 6.07) is 15.1. The fourth-order valence-corrected chi connectivity index (χ4v) is 7.35. The van der Waals surface area contributed by atoms with Gasteiger partial charge in [0.1, 0.15) is 10.3 Å². The molecule has 0 aromatic heterocycles. The Morgan fingerprint density at radius 2 is 1.79 bits per heavy atom. The molecule has 2 aliphatic heterocycles. The predicted molar refractivity (Wildman–Crippen MR) is 114 cm³/mol. The summed E-state index contributed by atoms with van der Waals surface area (Å²) in [5.74, 6) is 0. The Kier molecular flexibility index (Phi) is 5.35. The molecule has 1 N–H and O–H groups in total. The van der Waals surface area contributed by atoms with Crippen LogP contribution in [0.5, 0.6) is 0 Å². The van der Waals surface area contributed by atoms with Gasteiger partial charge in [-0.2, -0.15) is 4.31 Å². The minimum absolute atomic E-state index is 0.0782. The zero-order chi connectivity index (χ0) is 19.9. The third-order valence-corrected chi connectivity index (χ3v) is 9.13. The molecule has 28 heavy (non-hydrogen) atoms. The van der Waals surface area contributed by atoms with Crippen molar-refractivity contribution in [3.05, 3.63) is 70.1 Å². The maximum atomic E-state index is 13.0. The highest BCUT2D eigenvalue weighted by Crippen LogP contribution is 2.40. The topological polar surface area (TPSA) is 64.5 Å². The van der Waals surface area contributed by atoms with Crippen LogP contribution in [0.2, 0.25) is 5.02 Å². The van der Waals surface area contributed by atoms with Crippen LogP contribution >= 0.6 is 11.6 Å². The van der Waals surface area contributed by atoms with Gasteiger partial charge in [-0.15, -0.1) is 0 Å². The van der Waals surface area contributed by atoms with Gasteiger partial charge in [0.25, 0.3) is 0 Å². The second-order valence-corrected chi connectivity index (χ2v) is 10.7. The molecule has 4 rings (SSSR count). The van der Waals surface area contributed by atoms with Gasteiger partial charge in [0, 0.05) is 25.5 Å². The van der Waals surface area contributed by atoms with Crippen molar-refractivity contribution in [1.29, 1.82) is 4.78 Å². The summed E-state index contributed by atoms with van der Waals surface area (Å²) in [7, 11) is -2.39. The molecule has 2 aromatic rings. The molecule has 0 saturated carbocycles. The minimum Gasteiger partial charge on any atom is -0.357 e. The first kappa shape index (κ1) is 19.6. The number of sulfonamides is 1. The van der Waals surface area contributed by atoms with Crippen molar-refractivity contribution in [2.24, 2.45) is 0 Å². The lowest BCUT2D eigenvalue weighted by atomic mass is 10.1. The highest BCUT2D eigenvalue weighted by molar-refractivity contribution is 7.89. The quantitative estimate of drug-likeness (QED) is 0.771. The minimum atomic E-state index is -3.61. The molecular weight excluding hydrogens is 414 g/mol. The molecule has 2 aromatic carbocycles. The van der Waals surface area contributed by atoms with Crippen LogP contribution < -0.4 is 0 Å². The molecule has 5 nitrogen and oxygen atoms in total. The Balaban J connectivity index is 1.71. The van der Waals surface area contributed by atoms with E-state index in [9.17, 15) is 8.42 Å². The standard InChI is InChI=1S/C20H22ClN3O2S2/c1-23-18(14-27(22)20(23)15-7-3-2-4-8-15)16-9-10-17(21)19(13-16)28(25,26)24-11-5-6-12-24/h2-4,7-10,13-14,20,22H,5-6,11-12H2,1H3. The van der Waals surface area contributed by atoms with E-state index in [0.29, 0.717) is 13.1 Å². The van der Waals surface area contributed by atoms with Crippen LogP contribution in [0.1, 0.15) is 29.3 Å². The van der Waals surface area contributed by atoms with Gasteiger partial charge in [0.15, 0.2) is 0 Å². The van der Waals surface area contributed by atoms with Crippen LogP contribution in [0.15, 0.2) is 58.8 Å². The van der Waals surface area contributed by atoms with Crippen LogP contribution in [0.25, 0.3) is 5.70 Å². The second-order valence-electron chi connectivity index (χ2n) is 7.01. The zero-order valence-corrected chi connectivity index (χ0v) is 17.9. The molecule has 0 bridgehead atoms. The molecule has 1 fully saturated rings. The first-order valence-electron chi connectivity index (χ1n) is 9.12. The fraction of sp³-hybridized carbons (Fsp3) is 0.300. The lowest BCUT2D eigenvalue weighted by Crippen LogP contribution is -2.28. The lowest BCUT2D eigenvalue weighted by Gasteiger charge is -2.26. The molecule has 1 saturated heterocycles. The molecule has 148 valence electrons. The highest BCUT2D eigenvalue weighted by atomic mass is 35.5. The first-order chi connectivity index (χ1) is 13.4. The van der Waals surface area contributed by atoms with E-state index in [1.54, 1.807) is 12.1 Å². The number of halogens is 1. The van der Waals surface area contributed by atoms with E-state index >= 15 is 0 Å². The summed E-state index contributed by atoms with van der Waals surface area (Å²) in [4.78, 5) is 2.21. The summed E-state index contributed by atoms with van der Waals surface area (Å²) in [6.45, 7) is 1.08. The van der Waals surface area contributed by atoms with E-state index in [-0.39, 0.29) is 15.3 Å². The Morgan fingerprint density at radius 1 is 1.11 bits per heavy atom. The molecule has 2 unspecified atom stereocenters. The number of rotatable bonds is 4. The summed E-state index contributed by atoms with van der Waals surface area (Å²) in [6.07, 6.45) is 1.76. The fourth-order valence-electron chi connectivity index (χ4n) is 3.75. The van der Waals surface area contributed by atoms with Crippen molar-refractivity contribution in [2.75, 3.05) is 20.1 Å². The van der Waals surface area contributed by atoms with Crippen LogP contribution in [0.4, 0.5) is 0 Å². The maximum absolute atomic E-state index is 13.0. The molecule has 0 radical (unpaired) electrons. The lowest BCUT2D eigenvalue weighted by molar-refractivity contribution is 0.468. The first-order valence-corrected chi connectivity index (χ1v) is 12.3. The van der Waals surface area contributed by atoms with E-state index in [2.05, 4.69) is 4.90 Å². The van der Waals surface area contributed by atoms with Crippen molar-refractivity contribution in [1.82, 2.24) is 9.21 Å². The Bertz CT molecular complexity index is 1050. The summed E-state index contributed by atoms with van der Waals surface area (Å²) in [5, 5.41) is 2.07. The number of hydrogen-bond acceptors (Lipinski definition) is 4. The highest BCUT2D eigenvalue weighted by Gasteiger charge is 2.32. The van der Waals surface area contributed by atoms with Gasteiger partial charge in [-0.05, 0) is 36.1 Å². The van der Waals surface area contributed by atoms with Crippen LogP contribution in [-0.4, -0.2) is 37.8 Å². The van der Waals surface area contributed by atoms with Crippen molar-refractivity contribution < 1.29 is 8.42 Å². The van der Waals surface area contributed by atoms with Crippen molar-refractivity contribution in [3.8, 4) is 0 Å². The normalized spacial score (nSPS) is 23.2. The van der Waals surface area contributed by atoms with E-state index in [4.69, 9.17) is 16.4 Å². The Labute approximate surface area is 173 Å². The smallest absolute Gasteiger partial charge is 0.244 e. The largest absolute Gasteiger partial charge is 0.357 e. The molecule has 2 atom stereocenters. The summed E-state index contributed by atoms with van der Waals surface area (Å²) >= 11 is 6.28. The van der Waals surface area contributed by atoms with Crippen molar-refractivity contribution in [2.45, 2.75) is 23.1 Å². The van der Waals surface area contributed by atoms with Gasteiger partial charge in [-0.25, -0.2) is 8.42 Å². The molecule has 0 aliphatic carbocycles. The Hall–Kier alpha value is -1.67. The SMILES string of the molecule is CN1C(c2ccc(Cl)c(S(=O)(=O)N3CCCC3)c2)=CS(=N)C1c1ccccc1. The van der Waals surface area contributed by atoms with Gasteiger partial charge in [0.05, 0.1) is 10.7 Å². The van der Waals surface area contributed by atoms with E-state index in [1.165, 1.54) is 4.31 Å². The van der Waals surface area contributed by atoms with E-state index in [0.717, 1.165) is 29.7 Å². The monoisotopic (exact) mass is 435 g/mol. The van der Waals surface area contributed by atoms with Gasteiger partial charge < -0.3 is 4.90 Å². The van der Waals surface area contributed by atoms with Crippen molar-refractivity contribution in [3.63, 3.8) is 0 Å². The summed E-state index contributed by atoms with van der Waals surface area (Å²) in [5.41, 5.74) is 2.71. The molecule has 0 spiro atoms. The molecular formula is C20H22ClN3O2S2. The number of nitrogens with one attached hydrogen (secondary N) is 1. The molecule has 2 aliphatic rings. The maximum Gasteiger partial charge on any atom is 0.244 e. The Morgan fingerprint density at radius 3 is 2.46 bits per heavy atom. The average Bonchev–Trinajstić information content (AvgIpc) is 3.32. The van der Waals surface area contributed by atoms with Crippen LogP contribution in [0.3, 0.4) is 0 Å². The van der Waals surface area contributed by atoms with Gasteiger partial charge in [-0.1, -0.05) is 58.7 Å².